The average Bonchev–Trinajstić information content (AvgIpc) is 3.52. The first-order valence-corrected chi connectivity index (χ1v) is 11.2. The van der Waals surface area contributed by atoms with Crippen molar-refractivity contribution >= 4 is 29.3 Å². The van der Waals surface area contributed by atoms with Crippen molar-refractivity contribution in [3.8, 4) is 5.69 Å². The number of amides is 1. The molecule has 1 atom stereocenters. The van der Waals surface area contributed by atoms with E-state index in [0.29, 0.717) is 6.54 Å². The van der Waals surface area contributed by atoms with E-state index in [9.17, 15) is 9.59 Å². The molecule has 1 aliphatic heterocycles. The first kappa shape index (κ1) is 21.1. The largest absolute Gasteiger partial charge is 0.452 e. The van der Waals surface area contributed by atoms with Crippen molar-refractivity contribution in [3.63, 3.8) is 0 Å². The lowest BCUT2D eigenvalue weighted by Gasteiger charge is -2.23. The number of hydrogen-bond donors (Lipinski definition) is 0. The fourth-order valence-corrected chi connectivity index (χ4v) is 4.85. The van der Waals surface area contributed by atoms with Gasteiger partial charge in [-0.1, -0.05) is 24.3 Å². The maximum atomic E-state index is 12.6. The number of thiophene rings is 1. The summed E-state index contributed by atoms with van der Waals surface area (Å²) in [4.78, 5) is 27.9. The van der Waals surface area contributed by atoms with Crippen LogP contribution in [0.5, 0.6) is 0 Å². The normalized spacial score (nSPS) is 16.2. The monoisotopic (exact) mass is 435 g/mol. The molecule has 0 saturated carbocycles. The van der Waals surface area contributed by atoms with Gasteiger partial charge in [0.15, 0.2) is 6.61 Å². The van der Waals surface area contributed by atoms with E-state index in [1.165, 1.54) is 11.0 Å². The zero-order valence-corrected chi connectivity index (χ0v) is 18.5. The third-order valence-corrected chi connectivity index (χ3v) is 6.49. The number of ether oxygens (including phenoxy) is 1. The van der Waals surface area contributed by atoms with E-state index in [-0.39, 0.29) is 18.6 Å². The lowest BCUT2D eigenvalue weighted by Crippen LogP contribution is -2.33. The SMILES string of the molecule is Cc1nn(-c2ccccc2)c(C)c1/C=C/C(=O)OCC(=O)N1CCCC1c1cccs1. The molecule has 0 aliphatic carbocycles. The molecule has 2 aromatic heterocycles. The fourth-order valence-electron chi connectivity index (χ4n) is 3.97. The van der Waals surface area contributed by atoms with Crippen LogP contribution in [0.25, 0.3) is 11.8 Å². The van der Waals surface area contributed by atoms with Gasteiger partial charge in [0.1, 0.15) is 0 Å². The Morgan fingerprint density at radius 3 is 2.74 bits per heavy atom. The van der Waals surface area contributed by atoms with E-state index in [4.69, 9.17) is 4.74 Å². The molecule has 1 amide bonds. The van der Waals surface area contributed by atoms with Crippen molar-refractivity contribution in [1.82, 2.24) is 14.7 Å². The maximum Gasteiger partial charge on any atom is 0.331 e. The van der Waals surface area contributed by atoms with Crippen LogP contribution in [0.15, 0.2) is 53.9 Å². The lowest BCUT2D eigenvalue weighted by molar-refractivity contribution is -0.148. The third kappa shape index (κ3) is 4.61. The Bertz CT molecular complexity index is 1090. The molecule has 0 N–H and O–H groups in total. The second-order valence-electron chi connectivity index (χ2n) is 7.53. The molecule has 7 heteroatoms. The predicted octanol–water partition coefficient (Wildman–Crippen LogP) is 4.47. The second kappa shape index (κ2) is 9.31. The number of nitrogens with zero attached hydrogens (tertiary/aromatic N) is 3. The summed E-state index contributed by atoms with van der Waals surface area (Å²) in [5.74, 6) is -0.687. The van der Waals surface area contributed by atoms with Gasteiger partial charge in [-0.2, -0.15) is 5.10 Å². The maximum absolute atomic E-state index is 12.6. The molecule has 1 saturated heterocycles. The number of carbonyl (C=O) groups excluding carboxylic acids is 2. The van der Waals surface area contributed by atoms with E-state index in [1.54, 1.807) is 17.4 Å². The van der Waals surface area contributed by atoms with E-state index in [2.05, 4.69) is 11.2 Å². The second-order valence-corrected chi connectivity index (χ2v) is 8.51. The van der Waals surface area contributed by atoms with Crippen LogP contribution in [0.3, 0.4) is 0 Å². The van der Waals surface area contributed by atoms with Crippen LogP contribution in [-0.2, 0) is 14.3 Å². The van der Waals surface area contributed by atoms with Gasteiger partial charge >= 0.3 is 5.97 Å². The molecule has 160 valence electrons. The van der Waals surface area contributed by atoms with Crippen molar-refractivity contribution < 1.29 is 14.3 Å². The van der Waals surface area contributed by atoms with Gasteiger partial charge in [-0.15, -0.1) is 11.3 Å². The van der Waals surface area contributed by atoms with Crippen molar-refractivity contribution in [2.75, 3.05) is 13.2 Å². The number of carbonyl (C=O) groups is 2. The molecule has 1 unspecified atom stereocenters. The van der Waals surface area contributed by atoms with E-state index in [1.807, 2.05) is 65.2 Å². The van der Waals surface area contributed by atoms with Crippen molar-refractivity contribution in [2.45, 2.75) is 32.7 Å². The van der Waals surface area contributed by atoms with Gasteiger partial charge in [0.05, 0.1) is 17.4 Å². The van der Waals surface area contributed by atoms with Crippen LogP contribution in [0.4, 0.5) is 0 Å². The molecule has 6 nitrogen and oxygen atoms in total. The van der Waals surface area contributed by atoms with Crippen LogP contribution in [0, 0.1) is 13.8 Å². The molecule has 3 aromatic rings. The number of hydrogen-bond acceptors (Lipinski definition) is 5. The highest BCUT2D eigenvalue weighted by molar-refractivity contribution is 7.10. The van der Waals surface area contributed by atoms with Gasteiger partial charge in [-0.25, -0.2) is 9.48 Å². The van der Waals surface area contributed by atoms with Gasteiger partial charge in [-0.3, -0.25) is 4.79 Å². The van der Waals surface area contributed by atoms with Crippen LogP contribution in [0.1, 0.15) is 40.7 Å². The van der Waals surface area contributed by atoms with Crippen LogP contribution in [0.2, 0.25) is 0 Å². The fraction of sp³-hybridized carbons (Fsp3) is 0.292. The van der Waals surface area contributed by atoms with Gasteiger partial charge in [0.2, 0.25) is 0 Å². The molecule has 4 rings (SSSR count). The Morgan fingerprint density at radius 2 is 2.00 bits per heavy atom. The summed E-state index contributed by atoms with van der Waals surface area (Å²) in [6.45, 7) is 4.32. The quantitative estimate of drug-likeness (QED) is 0.423. The first-order chi connectivity index (χ1) is 15.0. The topological polar surface area (TPSA) is 64.4 Å². The lowest BCUT2D eigenvalue weighted by atomic mass is 10.2. The Balaban J connectivity index is 1.37. The number of esters is 1. The Kier molecular flexibility index (Phi) is 6.32. The van der Waals surface area contributed by atoms with Crippen molar-refractivity contribution in [1.29, 1.82) is 0 Å². The molecule has 1 aromatic carbocycles. The highest BCUT2D eigenvalue weighted by atomic mass is 32.1. The first-order valence-electron chi connectivity index (χ1n) is 10.3. The van der Waals surface area contributed by atoms with Crippen LogP contribution >= 0.6 is 11.3 Å². The standard InChI is InChI=1S/C24H25N3O3S/c1-17-20(18(2)27(25-17)19-8-4-3-5-9-19)12-13-24(29)30-16-23(28)26-14-6-10-21(26)22-11-7-15-31-22/h3-5,7-9,11-13,15,21H,6,10,14,16H2,1-2H3/b13-12+. The number of likely N-dealkylation sites (tertiary alicyclic amines) is 1. The zero-order valence-electron chi connectivity index (χ0n) is 17.7. The van der Waals surface area contributed by atoms with E-state index >= 15 is 0 Å². The number of benzene rings is 1. The molecule has 31 heavy (non-hydrogen) atoms. The molecule has 0 bridgehead atoms. The number of aromatic nitrogens is 2. The molecule has 0 spiro atoms. The van der Waals surface area contributed by atoms with Gasteiger partial charge in [0.25, 0.3) is 5.91 Å². The highest BCUT2D eigenvalue weighted by Gasteiger charge is 2.30. The smallest absolute Gasteiger partial charge is 0.331 e. The summed E-state index contributed by atoms with van der Waals surface area (Å²) >= 11 is 1.65. The predicted molar refractivity (Wildman–Crippen MR) is 121 cm³/mol. The summed E-state index contributed by atoms with van der Waals surface area (Å²) < 4.78 is 7.08. The molecule has 1 fully saturated rings. The minimum atomic E-state index is -0.536. The van der Waals surface area contributed by atoms with Crippen LogP contribution < -0.4 is 0 Å². The van der Waals surface area contributed by atoms with Crippen molar-refractivity contribution in [2.24, 2.45) is 0 Å². The van der Waals surface area contributed by atoms with Gasteiger partial charge < -0.3 is 9.64 Å². The Hall–Kier alpha value is -3.19. The molecular formula is C24H25N3O3S. The summed E-state index contributed by atoms with van der Waals surface area (Å²) in [5, 5.41) is 6.59. The Labute approximate surface area is 185 Å². The Morgan fingerprint density at radius 1 is 1.19 bits per heavy atom. The summed E-state index contributed by atoms with van der Waals surface area (Å²) in [6.07, 6.45) is 4.98. The number of aryl methyl sites for hydroxylation is 1. The van der Waals surface area contributed by atoms with Crippen molar-refractivity contribution in [3.05, 3.63) is 75.7 Å². The van der Waals surface area contributed by atoms with E-state index in [0.717, 1.165) is 35.5 Å². The molecule has 3 heterocycles. The minimum absolute atomic E-state index is 0.0934. The highest BCUT2D eigenvalue weighted by Crippen LogP contribution is 2.34. The number of rotatable bonds is 6. The number of para-hydroxylation sites is 1. The molecular weight excluding hydrogens is 410 g/mol. The zero-order chi connectivity index (χ0) is 21.8. The van der Waals surface area contributed by atoms with E-state index < -0.39 is 5.97 Å². The summed E-state index contributed by atoms with van der Waals surface area (Å²) in [5.41, 5.74) is 3.57. The summed E-state index contributed by atoms with van der Waals surface area (Å²) in [6, 6.07) is 14.0. The molecule has 1 aliphatic rings. The van der Waals surface area contributed by atoms with Crippen LogP contribution in [-0.4, -0.2) is 39.7 Å². The third-order valence-electron chi connectivity index (χ3n) is 5.52. The van der Waals surface area contributed by atoms with Gasteiger partial charge in [-0.05, 0) is 56.3 Å². The van der Waals surface area contributed by atoms with Gasteiger partial charge in [0, 0.05) is 28.8 Å². The molecule has 0 radical (unpaired) electrons. The minimum Gasteiger partial charge on any atom is -0.452 e. The summed E-state index contributed by atoms with van der Waals surface area (Å²) in [7, 11) is 0. The average molecular weight is 436 g/mol.